The molecule has 0 aromatic heterocycles. The van der Waals surface area contributed by atoms with Crippen molar-refractivity contribution < 1.29 is 27.5 Å². The third-order valence-corrected chi connectivity index (χ3v) is 3.78. The maximum Gasteiger partial charge on any atom is 0.490 e. The molecule has 1 aliphatic rings. The normalized spacial score (nSPS) is 15.1. The minimum atomic E-state index is -5.08. The molecule has 0 heterocycles. The number of alkyl halides is 3. The number of carboxylic acid groups (broad SMARTS) is 1. The third kappa shape index (κ3) is 6.03. The number of carbonyl (C=O) groups is 1. The van der Waals surface area contributed by atoms with E-state index in [0.717, 1.165) is 6.54 Å². The summed E-state index contributed by atoms with van der Waals surface area (Å²) in [6.07, 6.45) is 2.58. The van der Waals surface area contributed by atoms with Crippen molar-refractivity contribution in [1.29, 1.82) is 0 Å². The number of benzene rings is 1. The molecular formula is C17H20F4N2O2. The van der Waals surface area contributed by atoms with Gasteiger partial charge in [-0.25, -0.2) is 9.18 Å². The van der Waals surface area contributed by atoms with Gasteiger partial charge in [0.2, 0.25) is 0 Å². The number of carboxylic acids is 1. The minimum Gasteiger partial charge on any atom is -0.475 e. The minimum absolute atomic E-state index is 0.0225. The van der Waals surface area contributed by atoms with Crippen LogP contribution in [-0.4, -0.2) is 41.3 Å². The van der Waals surface area contributed by atoms with Gasteiger partial charge in [-0.05, 0) is 25.8 Å². The highest BCUT2D eigenvalue weighted by Gasteiger charge is 2.38. The SMILES string of the molecule is C#Cc1cccc(C(C)N(CCN)C2CC2)c1F.O=C(O)C(F)(F)F. The van der Waals surface area contributed by atoms with Gasteiger partial charge in [0, 0.05) is 30.7 Å². The Morgan fingerprint density at radius 1 is 1.48 bits per heavy atom. The van der Waals surface area contributed by atoms with Gasteiger partial charge in [0.1, 0.15) is 5.82 Å². The van der Waals surface area contributed by atoms with Crippen molar-refractivity contribution >= 4 is 5.97 Å². The first-order chi connectivity index (χ1) is 11.6. The Morgan fingerprint density at radius 2 is 2.04 bits per heavy atom. The topological polar surface area (TPSA) is 66.6 Å². The van der Waals surface area contributed by atoms with Crippen LogP contribution in [0.25, 0.3) is 0 Å². The Kier molecular flexibility index (Phi) is 7.39. The third-order valence-electron chi connectivity index (χ3n) is 3.78. The van der Waals surface area contributed by atoms with E-state index in [-0.39, 0.29) is 11.9 Å². The van der Waals surface area contributed by atoms with Gasteiger partial charge in [-0.1, -0.05) is 18.1 Å². The fraction of sp³-hybridized carbons (Fsp3) is 0.471. The molecule has 0 amide bonds. The van der Waals surface area contributed by atoms with Gasteiger partial charge in [-0.2, -0.15) is 13.2 Å². The highest BCUT2D eigenvalue weighted by Crippen LogP contribution is 2.34. The van der Waals surface area contributed by atoms with Gasteiger partial charge in [0.05, 0.1) is 5.56 Å². The van der Waals surface area contributed by atoms with Crippen LogP contribution in [0.5, 0.6) is 0 Å². The van der Waals surface area contributed by atoms with Gasteiger partial charge in [0.15, 0.2) is 0 Å². The largest absolute Gasteiger partial charge is 0.490 e. The van der Waals surface area contributed by atoms with E-state index in [4.69, 9.17) is 22.1 Å². The second-order valence-corrected chi connectivity index (χ2v) is 5.59. The van der Waals surface area contributed by atoms with Crippen molar-refractivity contribution in [3.8, 4) is 12.3 Å². The molecule has 1 saturated carbocycles. The summed E-state index contributed by atoms with van der Waals surface area (Å²) in [5.74, 6) is -0.637. The summed E-state index contributed by atoms with van der Waals surface area (Å²) in [5, 5.41) is 7.12. The fourth-order valence-corrected chi connectivity index (χ4v) is 2.41. The molecule has 4 nitrogen and oxygen atoms in total. The zero-order valence-electron chi connectivity index (χ0n) is 13.7. The Hall–Kier alpha value is -2.11. The van der Waals surface area contributed by atoms with E-state index >= 15 is 0 Å². The Balaban J connectivity index is 0.000000381. The molecule has 2 rings (SSSR count). The number of aliphatic carboxylic acids is 1. The summed E-state index contributed by atoms with van der Waals surface area (Å²) in [7, 11) is 0. The highest BCUT2D eigenvalue weighted by atomic mass is 19.4. The average molecular weight is 360 g/mol. The predicted octanol–water partition coefficient (Wildman–Crippen LogP) is 2.92. The first-order valence-corrected chi connectivity index (χ1v) is 7.64. The summed E-state index contributed by atoms with van der Waals surface area (Å²) in [6, 6.07) is 5.84. The summed E-state index contributed by atoms with van der Waals surface area (Å²) in [6.45, 7) is 3.41. The van der Waals surface area contributed by atoms with E-state index in [1.807, 2.05) is 19.1 Å². The van der Waals surface area contributed by atoms with Crippen LogP contribution in [0.2, 0.25) is 0 Å². The molecule has 0 spiro atoms. The highest BCUT2D eigenvalue weighted by molar-refractivity contribution is 5.73. The van der Waals surface area contributed by atoms with Gasteiger partial charge < -0.3 is 10.8 Å². The van der Waals surface area contributed by atoms with Crippen molar-refractivity contribution in [2.75, 3.05) is 13.1 Å². The van der Waals surface area contributed by atoms with Crippen LogP contribution >= 0.6 is 0 Å². The lowest BCUT2D eigenvalue weighted by atomic mass is 10.0. The van der Waals surface area contributed by atoms with Crippen LogP contribution in [0.15, 0.2) is 18.2 Å². The number of hydrogen-bond acceptors (Lipinski definition) is 3. The summed E-state index contributed by atoms with van der Waals surface area (Å²) in [4.78, 5) is 11.2. The van der Waals surface area contributed by atoms with E-state index in [1.165, 1.54) is 12.8 Å². The molecule has 0 radical (unpaired) electrons. The molecule has 1 fully saturated rings. The number of rotatable bonds is 5. The predicted molar refractivity (Wildman–Crippen MR) is 85.2 cm³/mol. The van der Waals surface area contributed by atoms with E-state index in [1.54, 1.807) is 6.07 Å². The number of hydrogen-bond donors (Lipinski definition) is 2. The molecule has 25 heavy (non-hydrogen) atoms. The van der Waals surface area contributed by atoms with Crippen LogP contribution < -0.4 is 5.73 Å². The van der Waals surface area contributed by atoms with E-state index in [9.17, 15) is 17.6 Å². The van der Waals surface area contributed by atoms with Crippen molar-refractivity contribution in [1.82, 2.24) is 4.90 Å². The quantitative estimate of drug-likeness (QED) is 0.626. The molecule has 0 bridgehead atoms. The molecular weight excluding hydrogens is 340 g/mol. The second kappa shape index (κ2) is 8.83. The van der Waals surface area contributed by atoms with Crippen LogP contribution in [-0.2, 0) is 4.79 Å². The number of terminal acetylenes is 1. The molecule has 1 aromatic carbocycles. The van der Waals surface area contributed by atoms with E-state index < -0.39 is 12.1 Å². The molecule has 3 N–H and O–H groups in total. The zero-order valence-corrected chi connectivity index (χ0v) is 13.7. The van der Waals surface area contributed by atoms with Crippen LogP contribution in [0, 0.1) is 18.2 Å². The Bertz CT molecular complexity index is 637. The maximum atomic E-state index is 14.2. The summed E-state index contributed by atoms with van der Waals surface area (Å²) >= 11 is 0. The summed E-state index contributed by atoms with van der Waals surface area (Å²) < 4.78 is 45.9. The van der Waals surface area contributed by atoms with Crippen molar-refractivity contribution in [2.24, 2.45) is 5.73 Å². The monoisotopic (exact) mass is 360 g/mol. The fourth-order valence-electron chi connectivity index (χ4n) is 2.41. The van der Waals surface area contributed by atoms with E-state index in [0.29, 0.717) is 23.7 Å². The smallest absolute Gasteiger partial charge is 0.475 e. The van der Waals surface area contributed by atoms with Crippen LogP contribution in [0.4, 0.5) is 17.6 Å². The van der Waals surface area contributed by atoms with Gasteiger partial charge in [-0.15, -0.1) is 6.42 Å². The number of nitrogens with zero attached hydrogens (tertiary/aromatic N) is 1. The Labute approximate surface area is 143 Å². The lowest BCUT2D eigenvalue weighted by Crippen LogP contribution is -2.34. The summed E-state index contributed by atoms with van der Waals surface area (Å²) in [5.41, 5.74) is 6.65. The standard InChI is InChI=1S/C15H19FN2.C2HF3O2/c1-3-12-5-4-6-14(15(12)16)11(2)18(10-9-17)13-7-8-13;3-2(4,5)1(6)7/h1,4-6,11,13H,7-10,17H2,2H3;(H,6,7). The van der Waals surface area contributed by atoms with Crippen molar-refractivity contribution in [3.63, 3.8) is 0 Å². The molecule has 1 unspecified atom stereocenters. The van der Waals surface area contributed by atoms with Crippen molar-refractivity contribution in [2.45, 2.75) is 38.0 Å². The van der Waals surface area contributed by atoms with Gasteiger partial charge >= 0.3 is 12.1 Å². The Morgan fingerprint density at radius 3 is 2.44 bits per heavy atom. The molecule has 1 atom stereocenters. The van der Waals surface area contributed by atoms with Crippen molar-refractivity contribution in [3.05, 3.63) is 35.1 Å². The van der Waals surface area contributed by atoms with Crippen LogP contribution in [0.3, 0.4) is 0 Å². The number of halogens is 4. The van der Waals surface area contributed by atoms with Gasteiger partial charge in [0.25, 0.3) is 0 Å². The second-order valence-electron chi connectivity index (χ2n) is 5.59. The molecule has 138 valence electrons. The lowest BCUT2D eigenvalue weighted by molar-refractivity contribution is -0.192. The zero-order chi connectivity index (χ0) is 19.2. The van der Waals surface area contributed by atoms with Crippen LogP contribution in [0.1, 0.15) is 36.9 Å². The van der Waals surface area contributed by atoms with E-state index in [2.05, 4.69) is 10.8 Å². The molecule has 0 aliphatic heterocycles. The lowest BCUT2D eigenvalue weighted by Gasteiger charge is -2.29. The number of nitrogens with two attached hydrogens (primary N) is 1. The molecule has 8 heteroatoms. The van der Waals surface area contributed by atoms with Gasteiger partial charge in [-0.3, -0.25) is 4.90 Å². The molecule has 1 aromatic rings. The average Bonchev–Trinajstić information content (AvgIpc) is 3.36. The molecule has 0 saturated heterocycles. The first-order valence-electron chi connectivity index (χ1n) is 7.64. The first kappa shape index (κ1) is 20.9. The maximum absolute atomic E-state index is 14.2. The molecule has 1 aliphatic carbocycles.